The van der Waals surface area contributed by atoms with Crippen LogP contribution in [0.1, 0.15) is 20.9 Å². The Kier molecular flexibility index (Phi) is 3.92. The number of imidazole rings is 1. The van der Waals surface area contributed by atoms with Crippen LogP contribution in [0, 0.1) is 6.92 Å². The second-order valence-corrected chi connectivity index (χ2v) is 7.40. The number of nitrogens with zero attached hydrogens (tertiary/aromatic N) is 2. The highest BCUT2D eigenvalue weighted by Gasteiger charge is 2.15. The third-order valence-electron chi connectivity index (χ3n) is 3.79. The summed E-state index contributed by atoms with van der Waals surface area (Å²) in [5, 5.41) is 6.83. The molecule has 120 valence electrons. The van der Waals surface area contributed by atoms with E-state index in [1.165, 1.54) is 16.9 Å². The minimum Gasteiger partial charge on any atom is -0.346 e. The van der Waals surface area contributed by atoms with Crippen molar-refractivity contribution in [2.75, 3.05) is 0 Å². The van der Waals surface area contributed by atoms with E-state index < -0.39 is 0 Å². The summed E-state index contributed by atoms with van der Waals surface area (Å²) in [6.45, 7) is 2.61. The maximum absolute atomic E-state index is 12.5. The molecular weight excluding hydrogens is 338 g/mol. The molecule has 6 heteroatoms. The van der Waals surface area contributed by atoms with Gasteiger partial charge in [0.15, 0.2) is 4.96 Å². The zero-order valence-electron chi connectivity index (χ0n) is 13.0. The molecule has 0 saturated heterocycles. The molecule has 0 aliphatic rings. The number of aryl methyl sites for hydroxylation is 1. The topological polar surface area (TPSA) is 46.4 Å². The number of thiophene rings is 1. The van der Waals surface area contributed by atoms with Gasteiger partial charge in [-0.05, 0) is 18.4 Å². The van der Waals surface area contributed by atoms with E-state index in [0.717, 1.165) is 21.1 Å². The second kappa shape index (κ2) is 6.22. The predicted molar refractivity (Wildman–Crippen MR) is 98.7 cm³/mol. The molecule has 4 aromatic rings. The fourth-order valence-corrected chi connectivity index (χ4v) is 3.98. The standard InChI is InChI=1S/C18H15N3OS2/c1-12-4-6-13(7-5-12)15-10-21-16(11-24-18(21)20-15)17(22)19-9-14-3-2-8-23-14/h2-8,10-11H,9H2,1H3,(H,19,22). The maximum atomic E-state index is 12.5. The first kappa shape index (κ1) is 15.1. The van der Waals surface area contributed by atoms with Crippen molar-refractivity contribution < 1.29 is 4.79 Å². The molecule has 1 aromatic carbocycles. The van der Waals surface area contributed by atoms with Crippen LogP contribution >= 0.6 is 22.7 Å². The van der Waals surface area contributed by atoms with E-state index >= 15 is 0 Å². The van der Waals surface area contributed by atoms with Crippen LogP contribution in [0.3, 0.4) is 0 Å². The molecule has 1 amide bonds. The highest BCUT2D eigenvalue weighted by molar-refractivity contribution is 7.15. The smallest absolute Gasteiger partial charge is 0.269 e. The first-order valence-corrected chi connectivity index (χ1v) is 9.31. The van der Waals surface area contributed by atoms with E-state index in [9.17, 15) is 4.79 Å². The van der Waals surface area contributed by atoms with Gasteiger partial charge in [0, 0.05) is 22.0 Å². The van der Waals surface area contributed by atoms with Gasteiger partial charge >= 0.3 is 0 Å². The summed E-state index contributed by atoms with van der Waals surface area (Å²) < 4.78 is 1.86. The molecule has 1 N–H and O–H groups in total. The Morgan fingerprint density at radius 2 is 2.04 bits per heavy atom. The van der Waals surface area contributed by atoms with Crippen molar-refractivity contribution in [1.82, 2.24) is 14.7 Å². The number of fused-ring (bicyclic) bond motifs is 1. The van der Waals surface area contributed by atoms with Crippen LogP contribution in [-0.2, 0) is 6.54 Å². The molecule has 0 fully saturated rings. The molecule has 3 heterocycles. The number of carbonyl (C=O) groups excluding carboxylic acids is 1. The van der Waals surface area contributed by atoms with Gasteiger partial charge in [-0.3, -0.25) is 9.20 Å². The summed E-state index contributed by atoms with van der Waals surface area (Å²) in [5.41, 5.74) is 3.78. The van der Waals surface area contributed by atoms with Crippen molar-refractivity contribution in [2.45, 2.75) is 13.5 Å². The molecule has 24 heavy (non-hydrogen) atoms. The van der Waals surface area contributed by atoms with Gasteiger partial charge in [0.1, 0.15) is 5.69 Å². The molecule has 0 radical (unpaired) electrons. The van der Waals surface area contributed by atoms with Crippen LogP contribution in [0.25, 0.3) is 16.2 Å². The van der Waals surface area contributed by atoms with Crippen molar-refractivity contribution in [3.63, 3.8) is 0 Å². The van der Waals surface area contributed by atoms with Crippen molar-refractivity contribution in [3.05, 3.63) is 69.5 Å². The lowest BCUT2D eigenvalue weighted by Crippen LogP contribution is -2.23. The number of thiazole rings is 1. The fourth-order valence-electron chi connectivity index (χ4n) is 2.48. The fraction of sp³-hybridized carbons (Fsp3) is 0.111. The van der Waals surface area contributed by atoms with Gasteiger partial charge in [0.05, 0.1) is 12.2 Å². The van der Waals surface area contributed by atoms with Crippen LogP contribution in [0.2, 0.25) is 0 Å². The number of rotatable bonds is 4. The number of aromatic nitrogens is 2. The summed E-state index contributed by atoms with van der Waals surface area (Å²) in [4.78, 5) is 19.1. The van der Waals surface area contributed by atoms with Crippen molar-refractivity contribution in [1.29, 1.82) is 0 Å². The van der Waals surface area contributed by atoms with Crippen molar-refractivity contribution in [2.24, 2.45) is 0 Å². The Morgan fingerprint density at radius 3 is 2.79 bits per heavy atom. The molecule has 0 atom stereocenters. The highest BCUT2D eigenvalue weighted by atomic mass is 32.1. The van der Waals surface area contributed by atoms with Gasteiger partial charge in [-0.15, -0.1) is 22.7 Å². The van der Waals surface area contributed by atoms with Crippen LogP contribution in [0.5, 0.6) is 0 Å². The summed E-state index contributed by atoms with van der Waals surface area (Å²) in [6, 6.07) is 12.2. The predicted octanol–water partition coefficient (Wildman–Crippen LogP) is 4.36. The van der Waals surface area contributed by atoms with Gasteiger partial charge < -0.3 is 5.32 Å². The number of benzene rings is 1. The van der Waals surface area contributed by atoms with Gasteiger partial charge in [-0.25, -0.2) is 4.98 Å². The van der Waals surface area contributed by atoms with E-state index in [4.69, 9.17) is 0 Å². The third-order valence-corrected chi connectivity index (χ3v) is 5.51. The van der Waals surface area contributed by atoms with Gasteiger partial charge in [0.25, 0.3) is 5.91 Å². The van der Waals surface area contributed by atoms with Crippen molar-refractivity contribution >= 4 is 33.5 Å². The zero-order chi connectivity index (χ0) is 16.5. The van der Waals surface area contributed by atoms with Gasteiger partial charge in [-0.1, -0.05) is 35.9 Å². The first-order chi connectivity index (χ1) is 11.7. The Hall–Kier alpha value is -2.44. The highest BCUT2D eigenvalue weighted by Crippen LogP contribution is 2.24. The van der Waals surface area contributed by atoms with E-state index in [-0.39, 0.29) is 5.91 Å². The number of hydrogen-bond donors (Lipinski definition) is 1. The minimum absolute atomic E-state index is 0.0810. The first-order valence-electron chi connectivity index (χ1n) is 7.55. The molecule has 0 unspecified atom stereocenters. The van der Waals surface area contributed by atoms with E-state index in [1.807, 2.05) is 33.5 Å². The Balaban J connectivity index is 1.60. The molecule has 0 aliphatic heterocycles. The Bertz CT molecular complexity index is 981. The molecule has 3 aromatic heterocycles. The molecular formula is C18H15N3OS2. The normalized spacial score (nSPS) is 11.0. The minimum atomic E-state index is -0.0810. The van der Waals surface area contributed by atoms with E-state index in [2.05, 4.69) is 41.5 Å². The quantitative estimate of drug-likeness (QED) is 0.592. The molecule has 0 saturated carbocycles. The lowest BCUT2D eigenvalue weighted by molar-refractivity contribution is 0.0945. The van der Waals surface area contributed by atoms with Crippen LogP contribution < -0.4 is 5.32 Å². The molecule has 0 spiro atoms. The summed E-state index contributed by atoms with van der Waals surface area (Å²) in [6.07, 6.45) is 1.93. The van der Waals surface area contributed by atoms with Crippen LogP contribution in [-0.4, -0.2) is 15.3 Å². The molecule has 4 rings (SSSR count). The number of nitrogens with one attached hydrogen (secondary N) is 1. The van der Waals surface area contributed by atoms with Crippen molar-refractivity contribution in [3.8, 4) is 11.3 Å². The lowest BCUT2D eigenvalue weighted by atomic mass is 10.1. The van der Waals surface area contributed by atoms with E-state index in [0.29, 0.717) is 12.2 Å². The maximum Gasteiger partial charge on any atom is 0.269 e. The number of carbonyl (C=O) groups is 1. The van der Waals surface area contributed by atoms with E-state index in [1.54, 1.807) is 11.3 Å². The largest absolute Gasteiger partial charge is 0.346 e. The number of hydrogen-bond acceptors (Lipinski definition) is 4. The average molecular weight is 353 g/mol. The van der Waals surface area contributed by atoms with Crippen LogP contribution in [0.15, 0.2) is 53.4 Å². The summed E-state index contributed by atoms with van der Waals surface area (Å²) in [5.74, 6) is -0.0810. The molecule has 0 bridgehead atoms. The Labute approximate surface area is 147 Å². The average Bonchev–Trinajstić information content (AvgIpc) is 3.30. The zero-order valence-corrected chi connectivity index (χ0v) is 14.7. The molecule has 4 nitrogen and oxygen atoms in total. The summed E-state index contributed by atoms with van der Waals surface area (Å²) >= 11 is 3.11. The SMILES string of the molecule is Cc1ccc(-c2cn3c(C(=O)NCc4cccs4)csc3n2)cc1. The molecule has 0 aliphatic carbocycles. The van der Waals surface area contributed by atoms with Crippen LogP contribution in [0.4, 0.5) is 0 Å². The number of amides is 1. The lowest BCUT2D eigenvalue weighted by Gasteiger charge is -2.02. The second-order valence-electron chi connectivity index (χ2n) is 5.53. The van der Waals surface area contributed by atoms with Gasteiger partial charge in [0.2, 0.25) is 0 Å². The summed E-state index contributed by atoms with van der Waals surface area (Å²) in [7, 11) is 0. The third kappa shape index (κ3) is 2.86. The monoisotopic (exact) mass is 353 g/mol. The Morgan fingerprint density at radius 1 is 1.21 bits per heavy atom. The van der Waals surface area contributed by atoms with Gasteiger partial charge in [-0.2, -0.15) is 0 Å².